The molecule has 3 aliphatic rings. The summed E-state index contributed by atoms with van der Waals surface area (Å²) in [6, 6.07) is 1.70. The first-order valence-electron chi connectivity index (χ1n) is 9.53. The van der Waals surface area contributed by atoms with Gasteiger partial charge < -0.3 is 31.3 Å². The highest BCUT2D eigenvalue weighted by Gasteiger charge is 2.65. The zero-order valence-corrected chi connectivity index (χ0v) is 18.7. The van der Waals surface area contributed by atoms with E-state index in [4.69, 9.17) is 5.73 Å². The molecule has 7 N–H and O–H groups in total. The number of nitrogens with two attached hydrogens (primary N) is 1. The highest BCUT2D eigenvalue weighted by molar-refractivity contribution is 14.1. The summed E-state index contributed by atoms with van der Waals surface area (Å²) in [5, 5.41) is 54.5. The molecule has 0 unspecified atom stereocenters. The largest absolute Gasteiger partial charge is 0.508 e. The van der Waals surface area contributed by atoms with Crippen LogP contribution >= 0.6 is 22.6 Å². The molecule has 0 radical (unpaired) electrons. The van der Waals surface area contributed by atoms with Crippen molar-refractivity contribution in [3.8, 4) is 5.75 Å². The second-order valence-electron chi connectivity index (χ2n) is 8.30. The van der Waals surface area contributed by atoms with Crippen molar-refractivity contribution in [3.63, 3.8) is 0 Å². The average Bonchev–Trinajstić information content (AvgIpc) is 2.67. The van der Waals surface area contributed by atoms with Gasteiger partial charge in [-0.2, -0.15) is 0 Å². The van der Waals surface area contributed by atoms with Gasteiger partial charge >= 0.3 is 0 Å². The number of halogens is 1. The Bertz CT molecular complexity index is 1150. The monoisotopic (exact) mass is 541 g/mol. The quantitative estimate of drug-likeness (QED) is 0.224. The molecule has 0 bridgehead atoms. The van der Waals surface area contributed by atoms with Crippen LogP contribution in [0, 0.1) is 22.3 Å². The fraction of sp³-hybridized carbons (Fsp3) is 0.381. The molecule has 1 saturated carbocycles. The molecule has 0 spiro atoms. The summed E-state index contributed by atoms with van der Waals surface area (Å²) in [4.78, 5) is 37.5. The first kappa shape index (κ1) is 21.8. The molecule has 31 heavy (non-hydrogen) atoms. The number of aromatic hydroxyl groups is 1. The summed E-state index contributed by atoms with van der Waals surface area (Å²) in [6.07, 6.45) is -2.12. The molecule has 164 valence electrons. The predicted molar refractivity (Wildman–Crippen MR) is 115 cm³/mol. The van der Waals surface area contributed by atoms with Gasteiger partial charge in [-0.25, -0.2) is 0 Å². The maximum Gasteiger partial charge on any atom is 0.255 e. The third kappa shape index (κ3) is 2.58. The van der Waals surface area contributed by atoms with Crippen LogP contribution in [-0.4, -0.2) is 54.7 Å². The number of hydrogen-bond donors (Lipinski definition) is 6. The van der Waals surface area contributed by atoms with Crippen LogP contribution in [0.2, 0.25) is 0 Å². The van der Waals surface area contributed by atoms with Crippen LogP contribution in [0.5, 0.6) is 5.75 Å². The van der Waals surface area contributed by atoms with Gasteiger partial charge in [0.15, 0.2) is 11.4 Å². The number of rotatable bonds is 1. The van der Waals surface area contributed by atoms with Crippen LogP contribution in [0.15, 0.2) is 23.0 Å². The number of aliphatic hydroxyl groups is 4. The minimum atomic E-state index is -2.82. The number of phenols is 1. The number of Topliss-reactive ketones (excluding diaryl/α,β-unsaturated/α-hetero) is 2. The minimum Gasteiger partial charge on any atom is -0.508 e. The van der Waals surface area contributed by atoms with Crippen LogP contribution in [0.3, 0.4) is 0 Å². The number of amides is 1. The van der Waals surface area contributed by atoms with Crippen LogP contribution in [-0.2, 0) is 14.4 Å². The van der Waals surface area contributed by atoms with Gasteiger partial charge in [0.1, 0.15) is 22.8 Å². The molecule has 0 saturated heterocycles. The van der Waals surface area contributed by atoms with E-state index >= 15 is 0 Å². The molecule has 0 aromatic heterocycles. The predicted octanol–water partition coefficient (Wildman–Crippen LogP) is 0.869. The molecule has 9 nitrogen and oxygen atoms in total. The van der Waals surface area contributed by atoms with Crippen molar-refractivity contribution < 1.29 is 39.9 Å². The number of aliphatic hydroxyl groups excluding tert-OH is 3. The number of fused-ring (bicyclic) bond motifs is 3. The van der Waals surface area contributed by atoms with E-state index in [2.05, 4.69) is 0 Å². The van der Waals surface area contributed by atoms with E-state index in [0.29, 0.717) is 14.7 Å². The number of primary amides is 1. The Balaban J connectivity index is 2.05. The lowest BCUT2D eigenvalue weighted by molar-refractivity contribution is -0.160. The molecule has 1 aromatic rings. The van der Waals surface area contributed by atoms with E-state index in [1.807, 2.05) is 22.6 Å². The third-order valence-corrected chi connectivity index (χ3v) is 7.63. The highest BCUT2D eigenvalue weighted by Crippen LogP contribution is 2.56. The molecule has 0 aliphatic heterocycles. The number of benzene rings is 1. The summed E-state index contributed by atoms with van der Waals surface area (Å²) in [5.74, 6) is -8.52. The van der Waals surface area contributed by atoms with Gasteiger partial charge in [0.2, 0.25) is 5.78 Å². The molecule has 10 heteroatoms. The zero-order chi connectivity index (χ0) is 23.2. The number of phenolic OH excluding ortho intramolecular Hbond substituents is 1. The maximum atomic E-state index is 13.5. The van der Waals surface area contributed by atoms with E-state index in [0.717, 1.165) is 0 Å². The van der Waals surface area contributed by atoms with Crippen molar-refractivity contribution >= 4 is 45.8 Å². The Morgan fingerprint density at radius 1 is 1.26 bits per heavy atom. The Labute approximate surface area is 190 Å². The number of carbonyl (C=O) groups excluding carboxylic acids is 3. The Morgan fingerprint density at radius 2 is 1.87 bits per heavy atom. The number of hydrogen-bond acceptors (Lipinski definition) is 8. The van der Waals surface area contributed by atoms with Gasteiger partial charge in [-0.05, 0) is 52.6 Å². The Kier molecular flexibility index (Phi) is 4.76. The van der Waals surface area contributed by atoms with Crippen LogP contribution in [0.4, 0.5) is 0 Å². The molecule has 4 rings (SSSR count). The van der Waals surface area contributed by atoms with Crippen molar-refractivity contribution in [2.75, 3.05) is 0 Å². The molecular weight excluding hydrogens is 521 g/mol. The number of aryl methyl sites for hydroxylation is 1. The van der Waals surface area contributed by atoms with Crippen molar-refractivity contribution in [2.24, 2.45) is 17.6 Å². The highest BCUT2D eigenvalue weighted by atomic mass is 127. The fourth-order valence-corrected chi connectivity index (χ4v) is 6.44. The van der Waals surface area contributed by atoms with Gasteiger partial charge in [-0.1, -0.05) is 6.92 Å². The van der Waals surface area contributed by atoms with Crippen molar-refractivity contribution in [1.29, 1.82) is 0 Å². The third-order valence-electron chi connectivity index (χ3n) is 6.74. The minimum absolute atomic E-state index is 0.0104. The zero-order valence-electron chi connectivity index (χ0n) is 16.5. The number of carbonyl (C=O) groups is 3. The van der Waals surface area contributed by atoms with Crippen LogP contribution in [0.1, 0.15) is 36.0 Å². The fourth-order valence-electron chi connectivity index (χ4n) is 5.21. The average molecular weight is 541 g/mol. The van der Waals surface area contributed by atoms with E-state index in [-0.39, 0.29) is 16.9 Å². The normalized spacial score (nSPS) is 32.5. The van der Waals surface area contributed by atoms with Crippen molar-refractivity contribution in [3.05, 3.63) is 43.2 Å². The lowest BCUT2D eigenvalue weighted by Crippen LogP contribution is -2.64. The second kappa shape index (κ2) is 6.78. The first-order chi connectivity index (χ1) is 14.3. The van der Waals surface area contributed by atoms with Gasteiger partial charge in [0.25, 0.3) is 5.91 Å². The SMILES string of the molecule is Cc1cc(I)c2c(c1O)C(O)=C1C(=O)[C@]3(O)C(O)=C(C(N)=O)C(=O)C[C@@H]3[C@@H](O)[C@@H]1[C@H]2C. The Hall–Kier alpha value is -2.44. The molecule has 1 aromatic carbocycles. The second-order valence-corrected chi connectivity index (χ2v) is 9.46. The lowest BCUT2D eigenvalue weighted by Gasteiger charge is -2.50. The van der Waals surface area contributed by atoms with E-state index in [1.165, 1.54) is 0 Å². The van der Waals surface area contributed by atoms with E-state index < -0.39 is 70.4 Å². The first-order valence-corrected chi connectivity index (χ1v) is 10.6. The van der Waals surface area contributed by atoms with Gasteiger partial charge in [0.05, 0.1) is 11.7 Å². The topological polar surface area (TPSA) is 178 Å². The summed E-state index contributed by atoms with van der Waals surface area (Å²) >= 11 is 2.03. The summed E-state index contributed by atoms with van der Waals surface area (Å²) in [5.41, 5.74) is 2.02. The molecule has 5 atom stereocenters. The van der Waals surface area contributed by atoms with Gasteiger partial charge in [-0.15, -0.1) is 0 Å². The van der Waals surface area contributed by atoms with Crippen LogP contribution in [0.25, 0.3) is 5.76 Å². The van der Waals surface area contributed by atoms with Crippen LogP contribution < -0.4 is 5.73 Å². The summed E-state index contributed by atoms with van der Waals surface area (Å²) in [7, 11) is 0. The smallest absolute Gasteiger partial charge is 0.255 e. The van der Waals surface area contributed by atoms with Gasteiger partial charge in [-0.3, -0.25) is 14.4 Å². The van der Waals surface area contributed by atoms with Gasteiger partial charge in [0, 0.05) is 27.4 Å². The number of ketones is 2. The molecule has 0 heterocycles. The van der Waals surface area contributed by atoms with E-state index in [1.54, 1.807) is 19.9 Å². The standard InChI is InChI=1S/C21H20INO8/c1-5-3-8(22)10-6(2)11-14(17(27)13(10)15(5)25)19(29)21(31)7(16(11)26)4-9(24)12(18(21)28)20(23)30/h3,6-7,11,16,25-28,31H,4H2,1-2H3,(H2,23,30)/t6-,7+,11+,16+,21+/m0/s1. The van der Waals surface area contributed by atoms with E-state index in [9.17, 15) is 39.9 Å². The lowest BCUT2D eigenvalue weighted by atomic mass is 9.55. The summed E-state index contributed by atoms with van der Waals surface area (Å²) in [6.45, 7) is 3.32. The van der Waals surface area contributed by atoms with Crippen molar-refractivity contribution in [1.82, 2.24) is 0 Å². The summed E-state index contributed by atoms with van der Waals surface area (Å²) < 4.78 is 0.694. The molecule has 1 fully saturated rings. The molecular formula is C21H20INO8. The maximum absolute atomic E-state index is 13.5. The molecule has 3 aliphatic carbocycles. The molecule has 1 amide bonds. The Morgan fingerprint density at radius 3 is 2.45 bits per heavy atom. The van der Waals surface area contributed by atoms with Crippen molar-refractivity contribution in [2.45, 2.75) is 37.9 Å².